The van der Waals surface area contributed by atoms with Gasteiger partial charge in [-0.3, -0.25) is 19.4 Å². The molecule has 0 unspecified atom stereocenters. The summed E-state index contributed by atoms with van der Waals surface area (Å²) < 4.78 is 27.6. The van der Waals surface area contributed by atoms with Crippen LogP contribution in [0.1, 0.15) is 20.7 Å². The van der Waals surface area contributed by atoms with Crippen LogP contribution in [0.5, 0.6) is 0 Å². The van der Waals surface area contributed by atoms with E-state index in [9.17, 15) is 18.4 Å². The normalized spacial score (nSPS) is 13.2. The van der Waals surface area contributed by atoms with Crippen LogP contribution in [0.3, 0.4) is 0 Å². The van der Waals surface area contributed by atoms with Crippen LogP contribution in [-0.2, 0) is 0 Å². The molecule has 1 aliphatic heterocycles. The molecule has 5 rings (SSSR count). The molecule has 4 aromatic rings. The van der Waals surface area contributed by atoms with Crippen LogP contribution in [0.2, 0.25) is 5.02 Å². The fourth-order valence-electron chi connectivity index (χ4n) is 4.12. The Bertz CT molecular complexity index is 1530. The summed E-state index contributed by atoms with van der Waals surface area (Å²) in [6.45, 7) is 0. The first kappa shape index (κ1) is 22.4. The minimum atomic E-state index is -0.573. The Kier molecular flexibility index (Phi) is 5.37. The van der Waals surface area contributed by atoms with Crippen LogP contribution in [0.25, 0.3) is 0 Å². The summed E-state index contributed by atoms with van der Waals surface area (Å²) in [6.07, 6.45) is 0. The second kappa shape index (κ2) is 8.41. The van der Waals surface area contributed by atoms with Crippen LogP contribution < -0.4 is 21.3 Å². The summed E-state index contributed by atoms with van der Waals surface area (Å²) in [5, 5.41) is 0.248. The molecule has 0 spiro atoms. The first-order valence-corrected chi connectivity index (χ1v) is 10.8. The molecule has 0 aliphatic carbocycles. The number of nitrogens with zero attached hydrogens (tertiary/aromatic N) is 2. The smallest absolute Gasteiger partial charge is 0.265 e. The minimum Gasteiger partial charge on any atom is -0.397 e. The van der Waals surface area contributed by atoms with Gasteiger partial charge in [-0.25, -0.2) is 8.78 Å². The lowest BCUT2D eigenvalue weighted by Crippen LogP contribution is -2.37. The minimum absolute atomic E-state index is 0.00406. The molecule has 1 aliphatic rings. The van der Waals surface area contributed by atoms with E-state index in [1.165, 1.54) is 52.3 Å². The maximum Gasteiger partial charge on any atom is 0.265 e. The predicted octanol–water partition coefficient (Wildman–Crippen LogP) is 6.05. The lowest BCUT2D eigenvalue weighted by atomic mass is 10.0. The van der Waals surface area contributed by atoms with Crippen molar-refractivity contribution in [2.45, 2.75) is 0 Å². The SMILES string of the molecule is Nc1cc(F)ccc1N1C(=O)c2cc(Cl)ccc2N(c2ccc(F)cc2N)C(=O)c2ccccc21. The molecule has 4 N–H and O–H groups in total. The maximum atomic E-state index is 14.1. The molecule has 35 heavy (non-hydrogen) atoms. The van der Waals surface area contributed by atoms with E-state index in [1.54, 1.807) is 24.3 Å². The second-order valence-corrected chi connectivity index (χ2v) is 8.30. The molecule has 6 nitrogen and oxygen atoms in total. The molecule has 0 saturated heterocycles. The quantitative estimate of drug-likeness (QED) is 0.334. The number of carbonyl (C=O) groups excluding carboxylic acids is 2. The van der Waals surface area contributed by atoms with Gasteiger partial charge in [0.25, 0.3) is 11.8 Å². The highest BCUT2D eigenvalue weighted by Crippen LogP contribution is 2.43. The van der Waals surface area contributed by atoms with Crippen LogP contribution in [0, 0.1) is 11.6 Å². The Morgan fingerprint density at radius 2 is 1.09 bits per heavy atom. The van der Waals surface area contributed by atoms with Crippen molar-refractivity contribution in [3.05, 3.63) is 107 Å². The number of amides is 2. The average molecular weight is 491 g/mol. The number of hydrogen-bond acceptors (Lipinski definition) is 4. The first-order valence-electron chi connectivity index (χ1n) is 10.4. The Morgan fingerprint density at radius 1 is 0.600 bits per heavy atom. The zero-order valence-corrected chi connectivity index (χ0v) is 18.8. The van der Waals surface area contributed by atoms with Gasteiger partial charge in [-0.05, 0) is 66.7 Å². The van der Waals surface area contributed by atoms with Crippen molar-refractivity contribution in [3.63, 3.8) is 0 Å². The van der Waals surface area contributed by atoms with Crippen molar-refractivity contribution in [1.82, 2.24) is 0 Å². The Hall–Kier alpha value is -4.43. The van der Waals surface area contributed by atoms with Gasteiger partial charge >= 0.3 is 0 Å². The predicted molar refractivity (Wildman–Crippen MR) is 132 cm³/mol. The van der Waals surface area contributed by atoms with Crippen molar-refractivity contribution in [3.8, 4) is 0 Å². The van der Waals surface area contributed by atoms with Gasteiger partial charge in [0.15, 0.2) is 0 Å². The highest BCUT2D eigenvalue weighted by Gasteiger charge is 2.35. The van der Waals surface area contributed by atoms with Crippen LogP contribution >= 0.6 is 11.6 Å². The van der Waals surface area contributed by atoms with Crippen LogP contribution in [0.15, 0.2) is 78.9 Å². The zero-order valence-electron chi connectivity index (χ0n) is 18.0. The molecule has 9 heteroatoms. The molecule has 0 atom stereocenters. The average Bonchev–Trinajstić information content (AvgIpc) is 2.82. The summed E-state index contributed by atoms with van der Waals surface area (Å²) in [5.74, 6) is -2.24. The molecule has 0 bridgehead atoms. The van der Waals surface area contributed by atoms with Crippen LogP contribution in [-0.4, -0.2) is 11.8 Å². The second-order valence-electron chi connectivity index (χ2n) is 7.87. The van der Waals surface area contributed by atoms with Gasteiger partial charge in [0.2, 0.25) is 0 Å². The van der Waals surface area contributed by atoms with E-state index in [0.717, 1.165) is 12.1 Å². The standard InChI is InChI=1S/C26H17ClF2N4O2/c27-14-5-8-22-18(11-14)26(35)32(23-9-6-15(28)12-19(23)30)21-4-2-1-3-17(21)25(34)33(22)24-10-7-16(29)13-20(24)31/h1-13H,30-31H2. The molecule has 4 aromatic carbocycles. The van der Waals surface area contributed by atoms with Crippen molar-refractivity contribution < 1.29 is 18.4 Å². The molecular formula is C26H17ClF2N4O2. The largest absolute Gasteiger partial charge is 0.397 e. The molecule has 0 fully saturated rings. The zero-order chi connectivity index (χ0) is 24.9. The third-order valence-electron chi connectivity index (χ3n) is 5.67. The molecule has 0 aromatic heterocycles. The van der Waals surface area contributed by atoms with E-state index in [0.29, 0.717) is 0 Å². The van der Waals surface area contributed by atoms with E-state index in [2.05, 4.69) is 0 Å². The van der Waals surface area contributed by atoms with Crippen molar-refractivity contribution >= 4 is 57.5 Å². The number of halogens is 3. The Morgan fingerprint density at radius 3 is 1.66 bits per heavy atom. The summed E-state index contributed by atoms with van der Waals surface area (Å²) >= 11 is 6.24. The highest BCUT2D eigenvalue weighted by atomic mass is 35.5. The summed E-state index contributed by atoms with van der Waals surface area (Å²) in [6, 6.07) is 18.1. The van der Waals surface area contributed by atoms with E-state index < -0.39 is 23.4 Å². The van der Waals surface area contributed by atoms with Gasteiger partial charge in [0.1, 0.15) is 11.6 Å². The number of anilines is 6. The fourth-order valence-corrected chi connectivity index (χ4v) is 4.29. The highest BCUT2D eigenvalue weighted by molar-refractivity contribution is 6.32. The van der Waals surface area contributed by atoms with Gasteiger partial charge < -0.3 is 11.5 Å². The number of nitrogens with two attached hydrogens (primary N) is 2. The summed E-state index contributed by atoms with van der Waals surface area (Å²) in [4.78, 5) is 30.6. The van der Waals surface area contributed by atoms with Gasteiger partial charge in [-0.1, -0.05) is 23.7 Å². The third-order valence-corrected chi connectivity index (χ3v) is 5.91. The van der Waals surface area contributed by atoms with Gasteiger partial charge in [-0.2, -0.15) is 0 Å². The maximum absolute atomic E-state index is 14.1. The molecule has 1 heterocycles. The van der Waals surface area contributed by atoms with Crippen molar-refractivity contribution in [1.29, 1.82) is 0 Å². The van der Waals surface area contributed by atoms with Gasteiger partial charge in [0, 0.05) is 5.02 Å². The van der Waals surface area contributed by atoms with Crippen LogP contribution in [0.4, 0.5) is 42.9 Å². The fraction of sp³-hybridized carbons (Fsp3) is 0. The molecule has 2 amide bonds. The van der Waals surface area contributed by atoms with Crippen molar-refractivity contribution in [2.75, 3.05) is 21.3 Å². The third kappa shape index (κ3) is 3.74. The number of benzene rings is 4. The number of carbonyl (C=O) groups is 2. The monoisotopic (exact) mass is 490 g/mol. The number of rotatable bonds is 2. The molecule has 0 saturated carbocycles. The molecule has 174 valence electrons. The van der Waals surface area contributed by atoms with Gasteiger partial charge in [-0.15, -0.1) is 0 Å². The Balaban J connectivity index is 1.84. The summed E-state index contributed by atoms with van der Waals surface area (Å²) in [5.41, 5.74) is 13.2. The number of nitrogen functional groups attached to an aromatic ring is 2. The van der Waals surface area contributed by atoms with E-state index in [4.69, 9.17) is 23.1 Å². The number of hydrogen-bond donors (Lipinski definition) is 2. The Labute approximate surface area is 203 Å². The van der Waals surface area contributed by atoms with E-state index in [1.807, 2.05) is 0 Å². The lowest BCUT2D eigenvalue weighted by molar-refractivity contribution is 0.0988. The molecule has 0 radical (unpaired) electrons. The topological polar surface area (TPSA) is 92.7 Å². The van der Waals surface area contributed by atoms with Crippen molar-refractivity contribution in [2.24, 2.45) is 0 Å². The van der Waals surface area contributed by atoms with E-state index >= 15 is 0 Å². The number of para-hydroxylation sites is 1. The lowest BCUT2D eigenvalue weighted by Gasteiger charge is -2.34. The summed E-state index contributed by atoms with van der Waals surface area (Å²) in [7, 11) is 0. The van der Waals surface area contributed by atoms with Gasteiger partial charge in [0.05, 0.1) is 45.3 Å². The first-order chi connectivity index (χ1) is 16.8. The number of fused-ring (bicyclic) bond motifs is 2. The molecular weight excluding hydrogens is 474 g/mol. The van der Waals surface area contributed by atoms with E-state index in [-0.39, 0.29) is 50.3 Å².